The largest absolute Gasteiger partial charge is 0.465 e. The molecule has 0 saturated heterocycles. The van der Waals surface area contributed by atoms with Crippen LogP contribution in [0.5, 0.6) is 0 Å². The van der Waals surface area contributed by atoms with Crippen LogP contribution < -0.4 is 5.56 Å². The van der Waals surface area contributed by atoms with Crippen molar-refractivity contribution in [1.29, 1.82) is 0 Å². The van der Waals surface area contributed by atoms with Crippen molar-refractivity contribution >= 4 is 5.97 Å². The molecular formula is C11H15NO3. The molecular weight excluding hydrogens is 194 g/mol. The summed E-state index contributed by atoms with van der Waals surface area (Å²) in [7, 11) is 1.30. The molecule has 0 bridgehead atoms. The molecule has 0 aliphatic heterocycles. The van der Waals surface area contributed by atoms with Gasteiger partial charge in [-0.25, -0.2) is 4.79 Å². The summed E-state index contributed by atoms with van der Waals surface area (Å²) in [5.74, 6) is -0.257. The zero-order chi connectivity index (χ0) is 11.4. The molecule has 1 aromatic heterocycles. The van der Waals surface area contributed by atoms with Crippen molar-refractivity contribution in [3.05, 3.63) is 33.7 Å². The average molecular weight is 209 g/mol. The van der Waals surface area contributed by atoms with Crippen LogP contribution in [0.1, 0.15) is 42.2 Å². The Morgan fingerprint density at radius 2 is 2.20 bits per heavy atom. The van der Waals surface area contributed by atoms with Gasteiger partial charge in [0.1, 0.15) is 0 Å². The smallest absolute Gasteiger partial charge is 0.338 e. The fourth-order valence-electron chi connectivity index (χ4n) is 1.29. The van der Waals surface area contributed by atoms with Crippen LogP contribution in [0.2, 0.25) is 0 Å². The van der Waals surface area contributed by atoms with E-state index < -0.39 is 5.97 Å². The third kappa shape index (κ3) is 2.68. The van der Waals surface area contributed by atoms with Crippen LogP contribution in [0.3, 0.4) is 0 Å². The van der Waals surface area contributed by atoms with E-state index in [2.05, 4.69) is 9.72 Å². The second-order valence-corrected chi connectivity index (χ2v) is 3.49. The van der Waals surface area contributed by atoms with E-state index in [-0.39, 0.29) is 11.5 Å². The Labute approximate surface area is 88.3 Å². The summed E-state index contributed by atoms with van der Waals surface area (Å²) in [6, 6.07) is 2.92. The highest BCUT2D eigenvalue weighted by Crippen LogP contribution is 2.15. The van der Waals surface area contributed by atoms with Crippen LogP contribution in [0.15, 0.2) is 16.9 Å². The summed E-state index contributed by atoms with van der Waals surface area (Å²) in [5.41, 5.74) is 0.801. The topological polar surface area (TPSA) is 59.2 Å². The quantitative estimate of drug-likeness (QED) is 0.770. The Morgan fingerprint density at radius 1 is 1.53 bits per heavy atom. The zero-order valence-electron chi connectivity index (χ0n) is 9.16. The molecule has 0 radical (unpaired) electrons. The van der Waals surface area contributed by atoms with Crippen molar-refractivity contribution in [3.63, 3.8) is 0 Å². The summed E-state index contributed by atoms with van der Waals surface area (Å²) in [4.78, 5) is 25.3. The summed E-state index contributed by atoms with van der Waals surface area (Å²) < 4.78 is 4.57. The van der Waals surface area contributed by atoms with Crippen LogP contribution >= 0.6 is 0 Å². The van der Waals surface area contributed by atoms with Crippen LogP contribution in [0.25, 0.3) is 0 Å². The molecule has 0 fully saturated rings. The Hall–Kier alpha value is -1.58. The molecule has 0 saturated carbocycles. The van der Waals surface area contributed by atoms with E-state index in [0.717, 1.165) is 12.1 Å². The van der Waals surface area contributed by atoms with Gasteiger partial charge in [-0.2, -0.15) is 0 Å². The van der Waals surface area contributed by atoms with Gasteiger partial charge in [-0.3, -0.25) is 4.79 Å². The molecule has 1 N–H and O–H groups in total. The van der Waals surface area contributed by atoms with Crippen LogP contribution in [-0.4, -0.2) is 18.1 Å². The van der Waals surface area contributed by atoms with Gasteiger partial charge in [-0.1, -0.05) is 13.8 Å². The van der Waals surface area contributed by atoms with Gasteiger partial charge in [0, 0.05) is 11.8 Å². The molecule has 0 aromatic carbocycles. The molecule has 82 valence electrons. The lowest BCUT2D eigenvalue weighted by atomic mass is 10.0. The highest BCUT2D eigenvalue weighted by Gasteiger charge is 2.10. The van der Waals surface area contributed by atoms with Gasteiger partial charge < -0.3 is 9.72 Å². The summed E-state index contributed by atoms with van der Waals surface area (Å²) in [5, 5.41) is 0. The van der Waals surface area contributed by atoms with Crippen molar-refractivity contribution in [1.82, 2.24) is 4.98 Å². The fraction of sp³-hybridized carbons (Fsp3) is 0.455. The first kappa shape index (κ1) is 11.5. The fourth-order valence-corrected chi connectivity index (χ4v) is 1.29. The van der Waals surface area contributed by atoms with Gasteiger partial charge in [0.25, 0.3) is 0 Å². The zero-order valence-corrected chi connectivity index (χ0v) is 9.16. The number of hydrogen-bond donors (Lipinski definition) is 1. The number of H-pyrrole nitrogens is 1. The van der Waals surface area contributed by atoms with Crippen molar-refractivity contribution in [3.8, 4) is 0 Å². The maximum atomic E-state index is 11.3. The number of pyridine rings is 1. The van der Waals surface area contributed by atoms with Crippen LogP contribution in [0, 0.1) is 0 Å². The Morgan fingerprint density at radius 3 is 2.73 bits per heavy atom. The van der Waals surface area contributed by atoms with E-state index >= 15 is 0 Å². The SMILES string of the molecule is CCC(C)c1cc(C(=O)OC)cc(=O)[nH]1. The van der Waals surface area contributed by atoms with Crippen LogP contribution in [-0.2, 0) is 4.74 Å². The number of esters is 1. The molecule has 1 atom stereocenters. The highest BCUT2D eigenvalue weighted by molar-refractivity contribution is 5.89. The Bertz CT molecular complexity index is 409. The van der Waals surface area contributed by atoms with E-state index in [1.54, 1.807) is 6.07 Å². The van der Waals surface area contributed by atoms with Crippen molar-refractivity contribution in [2.24, 2.45) is 0 Å². The average Bonchev–Trinajstić information content (AvgIpc) is 2.26. The standard InChI is InChI=1S/C11H15NO3/c1-4-7(2)9-5-8(11(14)15-3)6-10(13)12-9/h5-7H,4H2,1-3H3,(H,12,13). The number of carbonyl (C=O) groups excluding carboxylic acids is 1. The molecule has 1 rings (SSSR count). The third-order valence-electron chi connectivity index (χ3n) is 2.43. The highest BCUT2D eigenvalue weighted by atomic mass is 16.5. The van der Waals surface area contributed by atoms with E-state index in [1.165, 1.54) is 13.2 Å². The summed E-state index contributed by atoms with van der Waals surface area (Å²) in [6.07, 6.45) is 0.903. The maximum absolute atomic E-state index is 11.3. The second-order valence-electron chi connectivity index (χ2n) is 3.49. The monoisotopic (exact) mass is 209 g/mol. The maximum Gasteiger partial charge on any atom is 0.338 e. The molecule has 4 nitrogen and oxygen atoms in total. The van der Waals surface area contributed by atoms with Crippen molar-refractivity contribution < 1.29 is 9.53 Å². The van der Waals surface area contributed by atoms with E-state index in [1.807, 2.05) is 13.8 Å². The molecule has 0 spiro atoms. The lowest BCUT2D eigenvalue weighted by Gasteiger charge is -2.09. The molecule has 0 aliphatic carbocycles. The first-order chi connectivity index (χ1) is 7.08. The van der Waals surface area contributed by atoms with Gasteiger partial charge in [-0.15, -0.1) is 0 Å². The van der Waals surface area contributed by atoms with E-state index in [4.69, 9.17) is 0 Å². The number of nitrogens with one attached hydrogen (secondary N) is 1. The molecule has 0 aliphatic rings. The Balaban J connectivity index is 3.16. The van der Waals surface area contributed by atoms with Crippen molar-refractivity contribution in [2.75, 3.05) is 7.11 Å². The first-order valence-corrected chi connectivity index (χ1v) is 4.91. The number of methoxy groups -OCH3 is 1. The third-order valence-corrected chi connectivity index (χ3v) is 2.43. The van der Waals surface area contributed by atoms with Crippen LogP contribution in [0.4, 0.5) is 0 Å². The predicted octanol–water partition coefficient (Wildman–Crippen LogP) is 1.68. The van der Waals surface area contributed by atoms with Gasteiger partial charge in [0.05, 0.1) is 12.7 Å². The number of ether oxygens (including phenoxy) is 1. The van der Waals surface area contributed by atoms with E-state index in [9.17, 15) is 9.59 Å². The van der Waals surface area contributed by atoms with Gasteiger partial charge >= 0.3 is 5.97 Å². The predicted molar refractivity (Wildman–Crippen MR) is 57.1 cm³/mol. The number of hydrogen-bond acceptors (Lipinski definition) is 3. The number of rotatable bonds is 3. The van der Waals surface area contributed by atoms with Gasteiger partial charge in [0.15, 0.2) is 0 Å². The lowest BCUT2D eigenvalue weighted by Crippen LogP contribution is -2.14. The van der Waals surface area contributed by atoms with E-state index in [0.29, 0.717) is 5.56 Å². The number of carbonyl (C=O) groups is 1. The molecule has 1 heterocycles. The minimum atomic E-state index is -0.481. The minimum Gasteiger partial charge on any atom is -0.465 e. The normalized spacial score (nSPS) is 12.2. The first-order valence-electron chi connectivity index (χ1n) is 4.91. The molecule has 0 amide bonds. The summed E-state index contributed by atoms with van der Waals surface area (Å²) >= 11 is 0. The number of aromatic nitrogens is 1. The lowest BCUT2D eigenvalue weighted by molar-refractivity contribution is 0.0600. The van der Waals surface area contributed by atoms with Gasteiger partial charge in [0.2, 0.25) is 5.56 Å². The molecule has 1 unspecified atom stereocenters. The molecule has 15 heavy (non-hydrogen) atoms. The minimum absolute atomic E-state index is 0.224. The Kier molecular flexibility index (Phi) is 3.66. The van der Waals surface area contributed by atoms with Gasteiger partial charge in [-0.05, 0) is 18.4 Å². The second kappa shape index (κ2) is 4.77. The van der Waals surface area contributed by atoms with Crippen molar-refractivity contribution in [2.45, 2.75) is 26.2 Å². The molecule has 1 aromatic rings. The summed E-state index contributed by atoms with van der Waals surface area (Å²) in [6.45, 7) is 4.01. The molecule has 4 heteroatoms. The number of aromatic amines is 1.